The SMILES string of the molecule is Cc1cn(-c2ccc(OC(F)(F)F)c(Br)c2)c(=S)[nH]1. The third-order valence-electron chi connectivity index (χ3n) is 2.26. The summed E-state index contributed by atoms with van der Waals surface area (Å²) >= 11 is 8.15. The summed E-state index contributed by atoms with van der Waals surface area (Å²) in [6.45, 7) is 1.84. The van der Waals surface area contributed by atoms with E-state index in [4.69, 9.17) is 12.2 Å². The maximum Gasteiger partial charge on any atom is 0.573 e. The Morgan fingerprint density at radius 1 is 1.37 bits per heavy atom. The third kappa shape index (κ3) is 3.38. The second-order valence-electron chi connectivity index (χ2n) is 3.77. The Balaban J connectivity index is 2.39. The molecule has 102 valence electrons. The molecule has 0 unspecified atom stereocenters. The molecule has 0 amide bonds. The predicted molar refractivity (Wildman–Crippen MR) is 70.1 cm³/mol. The molecule has 0 aliphatic heterocycles. The molecule has 0 spiro atoms. The van der Waals surface area contributed by atoms with Crippen LogP contribution in [0.5, 0.6) is 5.75 Å². The van der Waals surface area contributed by atoms with Crippen LogP contribution >= 0.6 is 28.1 Å². The fraction of sp³-hybridized carbons (Fsp3) is 0.182. The molecule has 0 aliphatic carbocycles. The first-order valence-electron chi connectivity index (χ1n) is 5.10. The summed E-state index contributed by atoms with van der Waals surface area (Å²) in [5.74, 6) is -0.296. The molecule has 1 aromatic heterocycles. The first-order chi connectivity index (χ1) is 8.76. The lowest BCUT2D eigenvalue weighted by molar-refractivity contribution is -0.274. The van der Waals surface area contributed by atoms with Crippen molar-refractivity contribution in [2.45, 2.75) is 13.3 Å². The number of hydrogen-bond donors (Lipinski definition) is 1. The fourth-order valence-electron chi connectivity index (χ4n) is 1.55. The van der Waals surface area contributed by atoms with E-state index in [-0.39, 0.29) is 10.2 Å². The summed E-state index contributed by atoms with van der Waals surface area (Å²) in [5, 5.41) is 0. The highest BCUT2D eigenvalue weighted by molar-refractivity contribution is 9.10. The number of ether oxygens (including phenoxy) is 1. The summed E-state index contributed by atoms with van der Waals surface area (Å²) in [5.41, 5.74) is 1.49. The van der Waals surface area contributed by atoms with E-state index >= 15 is 0 Å². The molecule has 19 heavy (non-hydrogen) atoms. The van der Waals surface area contributed by atoms with Gasteiger partial charge in [0.1, 0.15) is 5.75 Å². The predicted octanol–water partition coefficient (Wildman–Crippen LogP) is 4.50. The van der Waals surface area contributed by atoms with E-state index in [0.29, 0.717) is 10.5 Å². The van der Waals surface area contributed by atoms with Gasteiger partial charge in [0, 0.05) is 17.6 Å². The van der Waals surface area contributed by atoms with Crippen molar-refractivity contribution >= 4 is 28.1 Å². The van der Waals surface area contributed by atoms with E-state index in [1.807, 2.05) is 6.92 Å². The summed E-state index contributed by atoms with van der Waals surface area (Å²) in [6, 6.07) is 4.23. The number of aryl methyl sites for hydroxylation is 1. The molecule has 1 aromatic carbocycles. The minimum atomic E-state index is -4.72. The quantitative estimate of drug-likeness (QED) is 0.806. The first kappa shape index (κ1) is 14.1. The molecule has 0 fully saturated rings. The maximum atomic E-state index is 12.1. The number of aromatic amines is 1. The van der Waals surface area contributed by atoms with Crippen molar-refractivity contribution in [1.82, 2.24) is 9.55 Å². The van der Waals surface area contributed by atoms with Gasteiger partial charge in [0.2, 0.25) is 0 Å². The third-order valence-corrected chi connectivity index (χ3v) is 3.18. The topological polar surface area (TPSA) is 29.9 Å². The van der Waals surface area contributed by atoms with Crippen molar-refractivity contribution in [2.24, 2.45) is 0 Å². The van der Waals surface area contributed by atoms with Crippen LogP contribution in [0.3, 0.4) is 0 Å². The molecular formula is C11H8BrF3N2OS. The van der Waals surface area contributed by atoms with Crippen molar-refractivity contribution in [3.8, 4) is 11.4 Å². The van der Waals surface area contributed by atoms with Gasteiger partial charge in [0.05, 0.1) is 4.47 Å². The molecule has 0 atom stereocenters. The van der Waals surface area contributed by atoms with Crippen molar-refractivity contribution < 1.29 is 17.9 Å². The number of alkyl halides is 3. The van der Waals surface area contributed by atoms with Gasteiger partial charge in [-0.1, -0.05) is 0 Å². The number of rotatable bonds is 2. The maximum absolute atomic E-state index is 12.1. The monoisotopic (exact) mass is 352 g/mol. The lowest BCUT2D eigenvalue weighted by atomic mass is 10.3. The van der Waals surface area contributed by atoms with Crippen molar-refractivity contribution in [3.05, 3.63) is 39.3 Å². The van der Waals surface area contributed by atoms with Gasteiger partial charge >= 0.3 is 6.36 Å². The molecule has 8 heteroatoms. The second kappa shape index (κ2) is 5.01. The number of aromatic nitrogens is 2. The number of H-pyrrole nitrogens is 1. The number of nitrogens with zero attached hydrogens (tertiary/aromatic N) is 1. The smallest absolute Gasteiger partial charge is 0.405 e. The Morgan fingerprint density at radius 3 is 2.53 bits per heavy atom. The number of imidazole rings is 1. The summed E-state index contributed by atoms with van der Waals surface area (Å²) in [6.07, 6.45) is -2.96. The van der Waals surface area contributed by atoms with Gasteiger partial charge in [0.25, 0.3) is 0 Å². The standard InChI is InChI=1S/C11H8BrF3N2OS/c1-6-5-17(10(19)16-6)7-2-3-9(8(12)4-7)18-11(13,14)15/h2-5H,1H3,(H,16,19). The molecule has 0 radical (unpaired) electrons. The van der Waals surface area contributed by atoms with Gasteiger partial charge in [-0.15, -0.1) is 13.2 Å². The zero-order valence-corrected chi connectivity index (χ0v) is 12.0. The molecule has 0 saturated heterocycles. The van der Waals surface area contributed by atoms with Crippen molar-refractivity contribution in [3.63, 3.8) is 0 Å². The van der Waals surface area contributed by atoms with Crippen LogP contribution in [0.4, 0.5) is 13.2 Å². The van der Waals surface area contributed by atoms with Gasteiger partial charge in [-0.05, 0) is 53.3 Å². The highest BCUT2D eigenvalue weighted by Crippen LogP contribution is 2.32. The number of nitrogens with one attached hydrogen (secondary N) is 1. The number of hydrogen-bond acceptors (Lipinski definition) is 2. The van der Waals surface area contributed by atoms with Crippen molar-refractivity contribution in [1.29, 1.82) is 0 Å². The Morgan fingerprint density at radius 2 is 2.05 bits per heavy atom. The van der Waals surface area contributed by atoms with Gasteiger partial charge in [-0.2, -0.15) is 0 Å². The fourth-order valence-corrected chi connectivity index (χ4v) is 2.32. The molecule has 1 N–H and O–H groups in total. The zero-order valence-electron chi connectivity index (χ0n) is 9.58. The highest BCUT2D eigenvalue weighted by atomic mass is 79.9. The van der Waals surface area contributed by atoms with E-state index in [2.05, 4.69) is 25.7 Å². The lowest BCUT2D eigenvalue weighted by Gasteiger charge is -2.11. The normalized spacial score (nSPS) is 11.6. The van der Waals surface area contributed by atoms with Gasteiger partial charge in [-0.25, -0.2) is 0 Å². The van der Waals surface area contributed by atoms with Crippen LogP contribution < -0.4 is 4.74 Å². The van der Waals surface area contributed by atoms with Crippen LogP contribution in [0.1, 0.15) is 5.69 Å². The van der Waals surface area contributed by atoms with E-state index in [1.165, 1.54) is 18.2 Å². The van der Waals surface area contributed by atoms with E-state index < -0.39 is 6.36 Å². The Labute approximate surface area is 120 Å². The van der Waals surface area contributed by atoms with E-state index in [0.717, 1.165) is 5.69 Å². The molecular weight excluding hydrogens is 345 g/mol. The Kier molecular flexibility index (Phi) is 3.73. The average Bonchev–Trinajstić information content (AvgIpc) is 2.59. The molecule has 3 nitrogen and oxygen atoms in total. The molecule has 2 rings (SSSR count). The highest BCUT2D eigenvalue weighted by Gasteiger charge is 2.31. The molecule has 0 bridgehead atoms. The van der Waals surface area contributed by atoms with Gasteiger partial charge in [0.15, 0.2) is 4.77 Å². The number of benzene rings is 1. The van der Waals surface area contributed by atoms with Crippen LogP contribution in [0.2, 0.25) is 0 Å². The van der Waals surface area contributed by atoms with Crippen LogP contribution in [-0.4, -0.2) is 15.9 Å². The molecule has 0 aliphatic rings. The Bertz CT molecular complexity index is 663. The molecule has 2 aromatic rings. The minimum Gasteiger partial charge on any atom is -0.405 e. The summed E-state index contributed by atoms with van der Waals surface area (Å²) < 4.78 is 42.6. The number of halogens is 4. The summed E-state index contributed by atoms with van der Waals surface area (Å²) in [4.78, 5) is 2.93. The Hall–Kier alpha value is -1.28. The van der Waals surface area contributed by atoms with Gasteiger partial charge < -0.3 is 9.72 Å². The minimum absolute atomic E-state index is 0.197. The largest absolute Gasteiger partial charge is 0.573 e. The van der Waals surface area contributed by atoms with Crippen molar-refractivity contribution in [2.75, 3.05) is 0 Å². The first-order valence-corrected chi connectivity index (χ1v) is 6.30. The van der Waals surface area contributed by atoms with Crippen LogP contribution in [0.25, 0.3) is 5.69 Å². The van der Waals surface area contributed by atoms with Crippen LogP contribution in [0.15, 0.2) is 28.9 Å². The molecule has 0 saturated carbocycles. The van der Waals surface area contributed by atoms with E-state index in [9.17, 15) is 13.2 Å². The average molecular weight is 353 g/mol. The van der Waals surface area contributed by atoms with Gasteiger partial charge in [-0.3, -0.25) is 4.57 Å². The van der Waals surface area contributed by atoms with Crippen LogP contribution in [0, 0.1) is 11.7 Å². The lowest BCUT2D eigenvalue weighted by Crippen LogP contribution is -2.17. The molecule has 1 heterocycles. The summed E-state index contributed by atoms with van der Waals surface area (Å²) in [7, 11) is 0. The second-order valence-corrected chi connectivity index (χ2v) is 5.02. The van der Waals surface area contributed by atoms with E-state index in [1.54, 1.807) is 10.8 Å². The zero-order chi connectivity index (χ0) is 14.2. The van der Waals surface area contributed by atoms with Crippen LogP contribution in [-0.2, 0) is 0 Å².